The van der Waals surface area contributed by atoms with Crippen molar-refractivity contribution in [1.82, 2.24) is 9.97 Å². The number of nitrogens with zero attached hydrogens (tertiary/aromatic N) is 2. The predicted molar refractivity (Wildman–Crippen MR) is 80.1 cm³/mol. The number of ether oxygens (including phenoxy) is 1. The van der Waals surface area contributed by atoms with E-state index in [9.17, 15) is 4.39 Å². The second-order valence-corrected chi connectivity index (χ2v) is 4.89. The summed E-state index contributed by atoms with van der Waals surface area (Å²) in [4.78, 5) is 8.67. The first kappa shape index (κ1) is 13.5. The molecule has 0 bridgehead atoms. The fourth-order valence-electron chi connectivity index (χ4n) is 2.15. The predicted octanol–water partition coefficient (Wildman–Crippen LogP) is 4.43. The van der Waals surface area contributed by atoms with Crippen LogP contribution in [0.4, 0.5) is 4.39 Å². The maximum absolute atomic E-state index is 13.9. The van der Waals surface area contributed by atoms with E-state index in [0.29, 0.717) is 5.75 Å². The van der Waals surface area contributed by atoms with Crippen molar-refractivity contribution < 1.29 is 9.13 Å². The van der Waals surface area contributed by atoms with Gasteiger partial charge in [-0.05, 0) is 43.2 Å². The second kappa shape index (κ2) is 5.48. The second-order valence-electron chi connectivity index (χ2n) is 4.89. The van der Waals surface area contributed by atoms with Crippen molar-refractivity contribution in [2.45, 2.75) is 20.3 Å². The Balaban J connectivity index is 2.04. The van der Waals surface area contributed by atoms with Crippen molar-refractivity contribution >= 4 is 10.9 Å². The van der Waals surface area contributed by atoms with Crippen LogP contribution in [0.15, 0.2) is 42.7 Å². The van der Waals surface area contributed by atoms with Crippen molar-refractivity contribution in [2.24, 2.45) is 0 Å². The molecular formula is C17H15FN2O. The molecule has 3 aromatic rings. The minimum Gasteiger partial charge on any atom is -0.453 e. The lowest BCUT2D eigenvalue weighted by molar-refractivity contribution is 0.445. The maximum atomic E-state index is 13.9. The molecule has 2 heterocycles. The van der Waals surface area contributed by atoms with Crippen LogP contribution in [0.3, 0.4) is 0 Å². The van der Waals surface area contributed by atoms with E-state index in [0.717, 1.165) is 28.6 Å². The Morgan fingerprint density at radius 3 is 2.71 bits per heavy atom. The quantitative estimate of drug-likeness (QED) is 0.712. The summed E-state index contributed by atoms with van der Waals surface area (Å²) in [6, 6.07) is 8.54. The Kier molecular flexibility index (Phi) is 3.52. The summed E-state index contributed by atoms with van der Waals surface area (Å²) in [5, 5.41) is 0.773. The van der Waals surface area contributed by atoms with Crippen LogP contribution in [0.5, 0.6) is 11.5 Å². The third-order valence-electron chi connectivity index (χ3n) is 3.31. The average molecular weight is 282 g/mol. The van der Waals surface area contributed by atoms with Gasteiger partial charge in [0.1, 0.15) is 5.75 Å². The molecule has 0 amide bonds. The van der Waals surface area contributed by atoms with Gasteiger partial charge < -0.3 is 4.74 Å². The molecular weight excluding hydrogens is 267 g/mol. The smallest absolute Gasteiger partial charge is 0.165 e. The summed E-state index contributed by atoms with van der Waals surface area (Å²) < 4.78 is 19.6. The van der Waals surface area contributed by atoms with Crippen molar-refractivity contribution in [3.8, 4) is 11.5 Å². The molecule has 0 aliphatic carbocycles. The molecule has 3 rings (SSSR count). The van der Waals surface area contributed by atoms with Crippen LogP contribution in [0, 0.1) is 12.7 Å². The minimum absolute atomic E-state index is 0.202. The highest BCUT2D eigenvalue weighted by Crippen LogP contribution is 2.30. The van der Waals surface area contributed by atoms with Crippen LogP contribution in [-0.4, -0.2) is 9.97 Å². The van der Waals surface area contributed by atoms with E-state index in [-0.39, 0.29) is 11.6 Å². The number of hydrogen-bond acceptors (Lipinski definition) is 3. The zero-order valence-corrected chi connectivity index (χ0v) is 11.9. The van der Waals surface area contributed by atoms with Crippen LogP contribution >= 0.6 is 0 Å². The van der Waals surface area contributed by atoms with Gasteiger partial charge in [-0.15, -0.1) is 0 Å². The van der Waals surface area contributed by atoms with Gasteiger partial charge in [-0.2, -0.15) is 0 Å². The molecule has 0 fully saturated rings. The zero-order chi connectivity index (χ0) is 14.8. The molecule has 0 saturated carbocycles. The number of pyridine rings is 2. The summed E-state index contributed by atoms with van der Waals surface area (Å²) in [6.07, 6.45) is 4.22. The van der Waals surface area contributed by atoms with E-state index >= 15 is 0 Å². The van der Waals surface area contributed by atoms with E-state index < -0.39 is 0 Å². The molecule has 0 radical (unpaired) electrons. The highest BCUT2D eigenvalue weighted by atomic mass is 19.1. The maximum Gasteiger partial charge on any atom is 0.165 e. The summed E-state index contributed by atoms with van der Waals surface area (Å²) in [7, 11) is 0. The molecule has 3 nitrogen and oxygen atoms in total. The fourth-order valence-corrected chi connectivity index (χ4v) is 2.15. The van der Waals surface area contributed by atoms with Crippen molar-refractivity contribution in [3.05, 3.63) is 59.8 Å². The Labute approximate surface area is 122 Å². The molecule has 4 heteroatoms. The number of halogens is 1. The normalized spacial score (nSPS) is 10.8. The molecule has 106 valence electrons. The topological polar surface area (TPSA) is 35.0 Å². The highest BCUT2D eigenvalue weighted by Gasteiger charge is 2.09. The van der Waals surface area contributed by atoms with Crippen LogP contribution < -0.4 is 4.74 Å². The van der Waals surface area contributed by atoms with Gasteiger partial charge in [-0.1, -0.05) is 13.0 Å². The van der Waals surface area contributed by atoms with E-state index in [1.807, 2.05) is 26.0 Å². The van der Waals surface area contributed by atoms with E-state index in [2.05, 4.69) is 9.97 Å². The molecule has 0 N–H and O–H groups in total. The first-order valence-corrected chi connectivity index (χ1v) is 6.85. The van der Waals surface area contributed by atoms with E-state index in [1.54, 1.807) is 24.5 Å². The van der Waals surface area contributed by atoms with Gasteiger partial charge in [0.05, 0.1) is 10.9 Å². The molecule has 2 aromatic heterocycles. The lowest BCUT2D eigenvalue weighted by atomic mass is 10.2. The molecule has 0 spiro atoms. The zero-order valence-electron chi connectivity index (χ0n) is 11.9. The van der Waals surface area contributed by atoms with Gasteiger partial charge in [-0.3, -0.25) is 9.97 Å². The van der Waals surface area contributed by atoms with Crippen LogP contribution in [0.25, 0.3) is 10.9 Å². The first-order chi connectivity index (χ1) is 10.2. The Hall–Kier alpha value is -2.49. The van der Waals surface area contributed by atoms with Crippen LogP contribution in [0.2, 0.25) is 0 Å². The van der Waals surface area contributed by atoms with Gasteiger partial charge >= 0.3 is 0 Å². The Morgan fingerprint density at radius 2 is 1.95 bits per heavy atom. The third kappa shape index (κ3) is 2.70. The largest absolute Gasteiger partial charge is 0.453 e. The number of benzene rings is 1. The standard InChI is InChI=1S/C17H15FN2O/c1-3-12-9-15-13(10-20-12)16(6-7-19-15)21-17-5-4-11(2)8-14(17)18/h4-10H,3H2,1-2H3. The molecule has 0 aliphatic heterocycles. The molecule has 0 unspecified atom stereocenters. The number of fused-ring (bicyclic) bond motifs is 1. The third-order valence-corrected chi connectivity index (χ3v) is 3.31. The monoisotopic (exact) mass is 282 g/mol. The number of rotatable bonds is 3. The number of aryl methyl sites for hydroxylation is 2. The van der Waals surface area contributed by atoms with Gasteiger partial charge in [0.25, 0.3) is 0 Å². The lowest BCUT2D eigenvalue weighted by Crippen LogP contribution is -1.93. The van der Waals surface area contributed by atoms with Gasteiger partial charge in [0.15, 0.2) is 11.6 Å². The Bertz CT molecular complexity index is 802. The Morgan fingerprint density at radius 1 is 1.10 bits per heavy atom. The molecule has 0 saturated heterocycles. The summed E-state index contributed by atoms with van der Waals surface area (Å²) in [5.74, 6) is 0.378. The van der Waals surface area contributed by atoms with E-state index in [4.69, 9.17) is 4.74 Å². The number of aromatic nitrogens is 2. The highest BCUT2D eigenvalue weighted by molar-refractivity contribution is 5.84. The molecule has 1 aromatic carbocycles. The molecule has 0 aliphatic rings. The van der Waals surface area contributed by atoms with Gasteiger partial charge in [-0.25, -0.2) is 4.39 Å². The molecule has 0 atom stereocenters. The van der Waals surface area contributed by atoms with Crippen molar-refractivity contribution in [2.75, 3.05) is 0 Å². The van der Waals surface area contributed by atoms with Crippen LogP contribution in [-0.2, 0) is 6.42 Å². The minimum atomic E-state index is -0.377. The van der Waals surface area contributed by atoms with Gasteiger partial charge in [0, 0.05) is 18.1 Å². The van der Waals surface area contributed by atoms with Crippen molar-refractivity contribution in [1.29, 1.82) is 0 Å². The van der Waals surface area contributed by atoms with Gasteiger partial charge in [0.2, 0.25) is 0 Å². The summed E-state index contributed by atoms with van der Waals surface area (Å²) in [5.41, 5.74) is 2.62. The first-order valence-electron chi connectivity index (χ1n) is 6.85. The fraction of sp³-hybridized carbons (Fsp3) is 0.176. The van der Waals surface area contributed by atoms with Crippen LogP contribution in [0.1, 0.15) is 18.2 Å². The lowest BCUT2D eigenvalue weighted by Gasteiger charge is -2.10. The number of hydrogen-bond donors (Lipinski definition) is 0. The van der Waals surface area contributed by atoms with Crippen molar-refractivity contribution in [3.63, 3.8) is 0 Å². The van der Waals surface area contributed by atoms with E-state index in [1.165, 1.54) is 6.07 Å². The average Bonchev–Trinajstić information content (AvgIpc) is 2.49. The summed E-state index contributed by atoms with van der Waals surface area (Å²) >= 11 is 0. The molecule has 21 heavy (non-hydrogen) atoms. The SMILES string of the molecule is CCc1cc2nccc(Oc3ccc(C)cc3F)c2cn1. The summed E-state index contributed by atoms with van der Waals surface area (Å²) in [6.45, 7) is 3.88.